The van der Waals surface area contributed by atoms with Gasteiger partial charge in [-0.25, -0.2) is 0 Å². The lowest BCUT2D eigenvalue weighted by atomic mass is 10.1. The van der Waals surface area contributed by atoms with Crippen molar-refractivity contribution in [2.45, 2.75) is 25.3 Å². The Balaban J connectivity index is 1.70. The molecular weight excluding hydrogens is 304 g/mol. The van der Waals surface area contributed by atoms with Crippen LogP contribution in [0.15, 0.2) is 54.6 Å². The fourth-order valence-corrected chi connectivity index (χ4v) is 3.07. The standard InChI is InChI=1S/C19H20N2O3/c22-18(21-15-11-10-13(12-15)19(23)24)16-8-4-5-9-17(16)20-14-6-2-1-3-7-14/h1-9,13,15,20H,10-12H2,(H,21,22)(H,23,24)/t13-,15+/m1/s1. The smallest absolute Gasteiger partial charge is 0.306 e. The average molecular weight is 324 g/mol. The molecule has 0 spiro atoms. The Hall–Kier alpha value is -2.82. The van der Waals surface area contributed by atoms with Crippen LogP contribution in [-0.4, -0.2) is 23.0 Å². The van der Waals surface area contributed by atoms with E-state index in [9.17, 15) is 9.59 Å². The van der Waals surface area contributed by atoms with Crippen molar-refractivity contribution in [2.24, 2.45) is 5.92 Å². The van der Waals surface area contributed by atoms with Crippen molar-refractivity contribution in [3.8, 4) is 0 Å². The van der Waals surface area contributed by atoms with Crippen molar-refractivity contribution >= 4 is 23.3 Å². The van der Waals surface area contributed by atoms with Crippen LogP contribution in [0, 0.1) is 5.92 Å². The summed E-state index contributed by atoms with van der Waals surface area (Å²) in [6.45, 7) is 0. The molecule has 1 amide bonds. The minimum absolute atomic E-state index is 0.0802. The van der Waals surface area contributed by atoms with Crippen molar-refractivity contribution in [3.05, 3.63) is 60.2 Å². The Morgan fingerprint density at radius 3 is 2.38 bits per heavy atom. The van der Waals surface area contributed by atoms with Gasteiger partial charge >= 0.3 is 5.97 Å². The number of hydrogen-bond acceptors (Lipinski definition) is 3. The van der Waals surface area contributed by atoms with Crippen LogP contribution in [0.1, 0.15) is 29.6 Å². The number of carbonyl (C=O) groups excluding carboxylic acids is 1. The number of anilines is 2. The predicted molar refractivity (Wildman–Crippen MR) is 92.4 cm³/mol. The fourth-order valence-electron chi connectivity index (χ4n) is 3.07. The number of benzene rings is 2. The molecule has 0 heterocycles. The molecule has 3 N–H and O–H groups in total. The molecule has 1 aliphatic rings. The van der Waals surface area contributed by atoms with Gasteiger partial charge in [-0.1, -0.05) is 30.3 Å². The molecule has 2 atom stereocenters. The van der Waals surface area contributed by atoms with E-state index in [1.165, 1.54) is 0 Å². The van der Waals surface area contributed by atoms with E-state index in [-0.39, 0.29) is 17.9 Å². The number of carboxylic acids is 1. The number of para-hydroxylation sites is 2. The van der Waals surface area contributed by atoms with E-state index in [2.05, 4.69) is 10.6 Å². The summed E-state index contributed by atoms with van der Waals surface area (Å²) in [6, 6.07) is 16.9. The average Bonchev–Trinajstić information content (AvgIpc) is 3.05. The SMILES string of the molecule is O=C(N[C@H]1CC[C@@H](C(=O)O)C1)c1ccccc1Nc1ccccc1. The summed E-state index contributed by atoms with van der Waals surface area (Å²) in [5, 5.41) is 15.3. The summed E-state index contributed by atoms with van der Waals surface area (Å²) in [5.41, 5.74) is 2.19. The zero-order chi connectivity index (χ0) is 16.9. The third-order valence-electron chi connectivity index (χ3n) is 4.34. The lowest BCUT2D eigenvalue weighted by molar-refractivity contribution is -0.141. The molecule has 5 heteroatoms. The van der Waals surface area contributed by atoms with E-state index < -0.39 is 5.97 Å². The summed E-state index contributed by atoms with van der Waals surface area (Å²) in [5.74, 6) is -1.31. The molecule has 2 aromatic rings. The molecule has 0 unspecified atom stereocenters. The molecule has 1 fully saturated rings. The molecule has 0 aromatic heterocycles. The lowest BCUT2D eigenvalue weighted by Crippen LogP contribution is -2.33. The highest BCUT2D eigenvalue weighted by molar-refractivity contribution is 6.00. The van der Waals surface area contributed by atoms with Crippen LogP contribution in [0.4, 0.5) is 11.4 Å². The number of nitrogens with one attached hydrogen (secondary N) is 2. The van der Waals surface area contributed by atoms with Crippen LogP contribution >= 0.6 is 0 Å². The Labute approximate surface area is 140 Å². The molecule has 0 saturated heterocycles. The maximum absolute atomic E-state index is 12.6. The van der Waals surface area contributed by atoms with Gasteiger partial charge in [0.05, 0.1) is 17.2 Å². The van der Waals surface area contributed by atoms with Crippen LogP contribution < -0.4 is 10.6 Å². The molecule has 0 radical (unpaired) electrons. The quantitative estimate of drug-likeness (QED) is 0.787. The Kier molecular flexibility index (Phi) is 4.79. The van der Waals surface area contributed by atoms with Crippen LogP contribution in [0.5, 0.6) is 0 Å². The van der Waals surface area contributed by atoms with Crippen molar-refractivity contribution in [2.75, 3.05) is 5.32 Å². The maximum atomic E-state index is 12.6. The summed E-state index contributed by atoms with van der Waals surface area (Å²) < 4.78 is 0. The second-order valence-corrected chi connectivity index (χ2v) is 6.06. The molecule has 1 aliphatic carbocycles. The second kappa shape index (κ2) is 7.17. The molecular formula is C19H20N2O3. The summed E-state index contributed by atoms with van der Waals surface area (Å²) >= 11 is 0. The minimum Gasteiger partial charge on any atom is -0.481 e. The van der Waals surface area contributed by atoms with E-state index in [4.69, 9.17) is 5.11 Å². The molecule has 0 bridgehead atoms. The first kappa shape index (κ1) is 16.1. The highest BCUT2D eigenvalue weighted by atomic mass is 16.4. The van der Waals surface area contributed by atoms with Crippen molar-refractivity contribution in [3.63, 3.8) is 0 Å². The molecule has 1 saturated carbocycles. The summed E-state index contributed by atoms with van der Waals surface area (Å²) in [6.07, 6.45) is 1.82. The first-order chi connectivity index (χ1) is 11.6. The third kappa shape index (κ3) is 3.74. The number of rotatable bonds is 5. The lowest BCUT2D eigenvalue weighted by Gasteiger charge is -2.15. The molecule has 124 valence electrons. The Morgan fingerprint density at radius 1 is 0.958 bits per heavy atom. The predicted octanol–water partition coefficient (Wildman–Crippen LogP) is 3.41. The van der Waals surface area contributed by atoms with Crippen LogP contribution in [0.25, 0.3) is 0 Å². The number of aliphatic carboxylic acids is 1. The van der Waals surface area contributed by atoms with Crippen LogP contribution in [0.2, 0.25) is 0 Å². The molecule has 2 aromatic carbocycles. The first-order valence-corrected chi connectivity index (χ1v) is 8.08. The van der Waals surface area contributed by atoms with Gasteiger partial charge in [-0.3, -0.25) is 9.59 Å². The zero-order valence-corrected chi connectivity index (χ0v) is 13.2. The van der Waals surface area contributed by atoms with Gasteiger partial charge in [-0.15, -0.1) is 0 Å². The maximum Gasteiger partial charge on any atom is 0.306 e. The monoisotopic (exact) mass is 324 g/mol. The zero-order valence-electron chi connectivity index (χ0n) is 13.2. The Morgan fingerprint density at radius 2 is 1.67 bits per heavy atom. The van der Waals surface area contributed by atoms with E-state index in [1.807, 2.05) is 48.5 Å². The van der Waals surface area contributed by atoms with E-state index >= 15 is 0 Å². The van der Waals surface area contributed by atoms with Gasteiger partial charge < -0.3 is 15.7 Å². The Bertz CT molecular complexity index is 730. The first-order valence-electron chi connectivity index (χ1n) is 8.08. The fraction of sp³-hybridized carbons (Fsp3) is 0.263. The van der Waals surface area contributed by atoms with E-state index in [1.54, 1.807) is 6.07 Å². The van der Waals surface area contributed by atoms with Crippen molar-refractivity contribution < 1.29 is 14.7 Å². The van der Waals surface area contributed by atoms with Gasteiger partial charge in [0.15, 0.2) is 0 Å². The van der Waals surface area contributed by atoms with Gasteiger partial charge in [-0.05, 0) is 43.5 Å². The van der Waals surface area contributed by atoms with Gasteiger partial charge in [0, 0.05) is 11.7 Å². The molecule has 0 aliphatic heterocycles. The summed E-state index contributed by atoms with van der Waals surface area (Å²) in [4.78, 5) is 23.6. The molecule has 3 rings (SSSR count). The highest BCUT2D eigenvalue weighted by Gasteiger charge is 2.30. The largest absolute Gasteiger partial charge is 0.481 e. The number of carboxylic acid groups (broad SMARTS) is 1. The van der Waals surface area contributed by atoms with Crippen LogP contribution in [0.3, 0.4) is 0 Å². The summed E-state index contributed by atoms with van der Waals surface area (Å²) in [7, 11) is 0. The van der Waals surface area contributed by atoms with Gasteiger partial charge in [0.25, 0.3) is 5.91 Å². The third-order valence-corrected chi connectivity index (χ3v) is 4.34. The van der Waals surface area contributed by atoms with Crippen molar-refractivity contribution in [1.29, 1.82) is 0 Å². The minimum atomic E-state index is -0.780. The number of hydrogen-bond donors (Lipinski definition) is 3. The van der Waals surface area contributed by atoms with E-state index in [0.29, 0.717) is 24.8 Å². The second-order valence-electron chi connectivity index (χ2n) is 6.06. The van der Waals surface area contributed by atoms with Gasteiger partial charge in [0.2, 0.25) is 0 Å². The number of carbonyl (C=O) groups is 2. The molecule has 24 heavy (non-hydrogen) atoms. The van der Waals surface area contributed by atoms with E-state index in [0.717, 1.165) is 11.4 Å². The van der Waals surface area contributed by atoms with Gasteiger partial charge in [0.1, 0.15) is 0 Å². The highest BCUT2D eigenvalue weighted by Crippen LogP contribution is 2.27. The normalized spacial score (nSPS) is 19.7. The molecule has 5 nitrogen and oxygen atoms in total. The van der Waals surface area contributed by atoms with Gasteiger partial charge in [-0.2, -0.15) is 0 Å². The number of amides is 1. The van der Waals surface area contributed by atoms with Crippen molar-refractivity contribution in [1.82, 2.24) is 5.32 Å². The topological polar surface area (TPSA) is 78.4 Å². The van der Waals surface area contributed by atoms with Crippen LogP contribution in [-0.2, 0) is 4.79 Å².